The number of hydrogen-bond donors (Lipinski definition) is 2. The Morgan fingerprint density at radius 1 is 1.14 bits per heavy atom. The molecule has 0 saturated heterocycles. The van der Waals surface area contributed by atoms with Crippen LogP contribution in [-0.4, -0.2) is 11.8 Å². The van der Waals surface area contributed by atoms with Gasteiger partial charge in [-0.25, -0.2) is 4.39 Å². The number of rotatable bonds is 4. The average molecular weight is 351 g/mol. The van der Waals surface area contributed by atoms with Crippen LogP contribution in [0.2, 0.25) is 0 Å². The van der Waals surface area contributed by atoms with E-state index in [4.69, 9.17) is 5.73 Å². The van der Waals surface area contributed by atoms with E-state index in [1.54, 1.807) is 24.3 Å². The SMILES string of the molecule is NC(=O)Cc1ccc(NC(=O)c2cc(Br)ccc2F)cc1. The Hall–Kier alpha value is -2.21. The van der Waals surface area contributed by atoms with Gasteiger partial charge < -0.3 is 11.1 Å². The largest absolute Gasteiger partial charge is 0.369 e. The Labute approximate surface area is 129 Å². The van der Waals surface area contributed by atoms with Crippen molar-refractivity contribution >= 4 is 33.4 Å². The van der Waals surface area contributed by atoms with Crippen LogP contribution in [0.4, 0.5) is 10.1 Å². The van der Waals surface area contributed by atoms with Crippen molar-refractivity contribution in [3.63, 3.8) is 0 Å². The molecule has 2 aromatic rings. The van der Waals surface area contributed by atoms with Crippen molar-refractivity contribution in [2.75, 3.05) is 5.32 Å². The fraction of sp³-hybridized carbons (Fsp3) is 0.0667. The van der Waals surface area contributed by atoms with Gasteiger partial charge in [0.05, 0.1) is 12.0 Å². The summed E-state index contributed by atoms with van der Waals surface area (Å²) in [5, 5.41) is 2.59. The van der Waals surface area contributed by atoms with E-state index in [0.717, 1.165) is 5.56 Å². The molecule has 4 nitrogen and oxygen atoms in total. The van der Waals surface area contributed by atoms with E-state index < -0.39 is 17.6 Å². The Bertz CT molecular complexity index is 687. The third-order valence-corrected chi connectivity index (χ3v) is 3.26. The van der Waals surface area contributed by atoms with Crippen LogP contribution in [0.5, 0.6) is 0 Å². The highest BCUT2D eigenvalue weighted by atomic mass is 79.9. The molecule has 108 valence electrons. The van der Waals surface area contributed by atoms with Crippen molar-refractivity contribution < 1.29 is 14.0 Å². The number of carbonyl (C=O) groups excluding carboxylic acids is 2. The van der Waals surface area contributed by atoms with Gasteiger partial charge in [-0.05, 0) is 35.9 Å². The van der Waals surface area contributed by atoms with Gasteiger partial charge >= 0.3 is 0 Å². The molecule has 0 aliphatic heterocycles. The van der Waals surface area contributed by atoms with Crippen molar-refractivity contribution in [2.45, 2.75) is 6.42 Å². The summed E-state index contributed by atoms with van der Waals surface area (Å²) in [4.78, 5) is 22.8. The van der Waals surface area contributed by atoms with Gasteiger partial charge in [0.1, 0.15) is 5.82 Å². The van der Waals surface area contributed by atoms with Gasteiger partial charge in [-0.1, -0.05) is 28.1 Å². The number of amides is 2. The predicted octanol–water partition coefficient (Wildman–Crippen LogP) is 2.87. The summed E-state index contributed by atoms with van der Waals surface area (Å²) < 4.78 is 14.2. The third kappa shape index (κ3) is 4.13. The second kappa shape index (κ2) is 6.49. The van der Waals surface area contributed by atoms with Crippen LogP contribution in [-0.2, 0) is 11.2 Å². The first-order valence-corrected chi connectivity index (χ1v) is 6.88. The maximum atomic E-state index is 13.6. The Balaban J connectivity index is 2.12. The van der Waals surface area contributed by atoms with Crippen molar-refractivity contribution in [1.82, 2.24) is 0 Å². The molecule has 0 aliphatic carbocycles. The average Bonchev–Trinajstić information content (AvgIpc) is 2.43. The van der Waals surface area contributed by atoms with Crippen molar-refractivity contribution in [3.05, 3.63) is 63.9 Å². The van der Waals surface area contributed by atoms with Gasteiger partial charge in [-0.15, -0.1) is 0 Å². The summed E-state index contributed by atoms with van der Waals surface area (Å²) in [6.07, 6.45) is 0.133. The van der Waals surface area contributed by atoms with Gasteiger partial charge in [0.15, 0.2) is 0 Å². The van der Waals surface area contributed by atoms with Crippen LogP contribution in [0, 0.1) is 5.82 Å². The lowest BCUT2D eigenvalue weighted by atomic mass is 10.1. The first kappa shape index (κ1) is 15.2. The second-order valence-corrected chi connectivity index (χ2v) is 5.33. The molecule has 0 spiro atoms. The minimum absolute atomic E-state index is 0.0504. The Morgan fingerprint density at radius 3 is 2.43 bits per heavy atom. The molecule has 0 aliphatic rings. The van der Waals surface area contributed by atoms with Crippen LogP contribution >= 0.6 is 15.9 Å². The maximum absolute atomic E-state index is 13.6. The number of anilines is 1. The van der Waals surface area contributed by atoms with E-state index in [1.165, 1.54) is 18.2 Å². The number of hydrogen-bond acceptors (Lipinski definition) is 2. The molecule has 0 radical (unpaired) electrons. The van der Waals surface area contributed by atoms with E-state index >= 15 is 0 Å². The molecule has 2 amide bonds. The number of carbonyl (C=O) groups is 2. The Kier molecular flexibility index (Phi) is 4.70. The zero-order valence-electron chi connectivity index (χ0n) is 10.9. The number of halogens is 2. The molecule has 0 bridgehead atoms. The number of nitrogens with two attached hydrogens (primary N) is 1. The third-order valence-electron chi connectivity index (χ3n) is 2.76. The topological polar surface area (TPSA) is 72.2 Å². The number of primary amides is 1. The van der Waals surface area contributed by atoms with Gasteiger partial charge in [0.25, 0.3) is 5.91 Å². The summed E-state index contributed by atoms with van der Waals surface area (Å²) in [6, 6.07) is 10.8. The summed E-state index contributed by atoms with van der Waals surface area (Å²) in [7, 11) is 0. The highest BCUT2D eigenvalue weighted by Gasteiger charge is 2.12. The zero-order chi connectivity index (χ0) is 15.4. The molecule has 0 atom stereocenters. The summed E-state index contributed by atoms with van der Waals surface area (Å²) in [5.74, 6) is -1.57. The lowest BCUT2D eigenvalue weighted by molar-refractivity contribution is -0.117. The van der Waals surface area contributed by atoms with Crippen LogP contribution in [0.25, 0.3) is 0 Å². The van der Waals surface area contributed by atoms with E-state index in [-0.39, 0.29) is 12.0 Å². The molecule has 6 heteroatoms. The van der Waals surface area contributed by atoms with Gasteiger partial charge in [0, 0.05) is 10.2 Å². The fourth-order valence-electron chi connectivity index (χ4n) is 1.78. The minimum Gasteiger partial charge on any atom is -0.369 e. The molecule has 2 aromatic carbocycles. The monoisotopic (exact) mass is 350 g/mol. The highest BCUT2D eigenvalue weighted by molar-refractivity contribution is 9.10. The highest BCUT2D eigenvalue weighted by Crippen LogP contribution is 2.17. The van der Waals surface area contributed by atoms with Gasteiger partial charge in [-0.2, -0.15) is 0 Å². The van der Waals surface area contributed by atoms with Crippen LogP contribution in [0.3, 0.4) is 0 Å². The number of benzene rings is 2. The van der Waals surface area contributed by atoms with E-state index in [2.05, 4.69) is 21.2 Å². The fourth-order valence-corrected chi connectivity index (χ4v) is 2.14. The van der Waals surface area contributed by atoms with Crippen molar-refractivity contribution in [2.24, 2.45) is 5.73 Å². The summed E-state index contributed by atoms with van der Waals surface area (Å²) in [6.45, 7) is 0. The van der Waals surface area contributed by atoms with Crippen LogP contribution < -0.4 is 11.1 Å². The van der Waals surface area contributed by atoms with E-state index in [9.17, 15) is 14.0 Å². The van der Waals surface area contributed by atoms with Crippen LogP contribution in [0.1, 0.15) is 15.9 Å². The molecule has 3 N–H and O–H groups in total. The maximum Gasteiger partial charge on any atom is 0.258 e. The summed E-state index contributed by atoms with van der Waals surface area (Å²) in [5.41, 5.74) is 6.30. The summed E-state index contributed by atoms with van der Waals surface area (Å²) >= 11 is 3.19. The van der Waals surface area contributed by atoms with Crippen molar-refractivity contribution in [1.29, 1.82) is 0 Å². The van der Waals surface area contributed by atoms with Gasteiger partial charge in [0.2, 0.25) is 5.91 Å². The van der Waals surface area contributed by atoms with Gasteiger partial charge in [-0.3, -0.25) is 9.59 Å². The molecular formula is C15H12BrFN2O2. The van der Waals surface area contributed by atoms with E-state index in [1.807, 2.05) is 0 Å². The predicted molar refractivity (Wildman–Crippen MR) is 81.4 cm³/mol. The molecule has 2 rings (SSSR count). The molecule has 0 fully saturated rings. The molecule has 21 heavy (non-hydrogen) atoms. The van der Waals surface area contributed by atoms with Crippen LogP contribution in [0.15, 0.2) is 46.9 Å². The quantitative estimate of drug-likeness (QED) is 0.889. The zero-order valence-corrected chi connectivity index (χ0v) is 12.5. The molecule has 0 heterocycles. The molecule has 0 unspecified atom stereocenters. The first-order chi connectivity index (χ1) is 9.95. The lowest BCUT2D eigenvalue weighted by Gasteiger charge is -2.07. The molecule has 0 saturated carbocycles. The normalized spacial score (nSPS) is 10.2. The molecular weight excluding hydrogens is 339 g/mol. The molecule has 0 aromatic heterocycles. The first-order valence-electron chi connectivity index (χ1n) is 6.09. The second-order valence-electron chi connectivity index (χ2n) is 4.42. The standard InChI is InChI=1S/C15H12BrFN2O2/c16-10-3-6-13(17)12(8-10)15(21)19-11-4-1-9(2-5-11)7-14(18)20/h1-6,8H,7H2,(H2,18,20)(H,19,21). The smallest absolute Gasteiger partial charge is 0.258 e. The Morgan fingerprint density at radius 2 is 1.81 bits per heavy atom. The minimum atomic E-state index is -0.596. The van der Waals surface area contributed by atoms with E-state index in [0.29, 0.717) is 10.2 Å². The van der Waals surface area contributed by atoms with Crippen molar-refractivity contribution in [3.8, 4) is 0 Å². The number of nitrogens with one attached hydrogen (secondary N) is 1. The lowest BCUT2D eigenvalue weighted by Crippen LogP contribution is -2.15.